The lowest BCUT2D eigenvalue weighted by Gasteiger charge is -2.37. The van der Waals surface area contributed by atoms with E-state index in [2.05, 4.69) is 15.1 Å². The molecule has 7 heteroatoms. The van der Waals surface area contributed by atoms with Crippen LogP contribution < -0.4 is 11.1 Å². The number of amides is 1. The Bertz CT molecular complexity index is 469. The Morgan fingerprint density at radius 1 is 1.48 bits per heavy atom. The number of piperazine rings is 1. The van der Waals surface area contributed by atoms with Crippen LogP contribution in [0.5, 0.6) is 0 Å². The van der Waals surface area contributed by atoms with Crippen molar-refractivity contribution in [3.05, 3.63) is 24.2 Å². The predicted octanol–water partition coefficient (Wildman–Crippen LogP) is 0.188. The van der Waals surface area contributed by atoms with Gasteiger partial charge in [0, 0.05) is 32.7 Å². The zero-order chi connectivity index (χ0) is 15.2. The molecule has 0 radical (unpaired) electrons. The van der Waals surface area contributed by atoms with Gasteiger partial charge in [-0.2, -0.15) is 0 Å². The van der Waals surface area contributed by atoms with Gasteiger partial charge < -0.3 is 15.5 Å². The van der Waals surface area contributed by atoms with Crippen LogP contribution in [0.2, 0.25) is 0 Å². The maximum atomic E-state index is 12.1. The highest BCUT2D eigenvalue weighted by atomic mass is 32.1. The van der Waals surface area contributed by atoms with Crippen LogP contribution in [0.4, 0.5) is 0 Å². The number of carbonyl (C=O) groups excluding carboxylic acids is 1. The van der Waals surface area contributed by atoms with E-state index < -0.39 is 0 Å². The molecule has 1 saturated heterocycles. The number of rotatable bonds is 6. The fraction of sp³-hybridized carbons (Fsp3) is 0.571. The Labute approximate surface area is 130 Å². The second-order valence-electron chi connectivity index (χ2n) is 5.25. The molecule has 1 unspecified atom stereocenters. The number of nitrogens with one attached hydrogen (secondary N) is 1. The summed E-state index contributed by atoms with van der Waals surface area (Å²) in [6.45, 7) is 6.47. The van der Waals surface area contributed by atoms with Crippen LogP contribution in [-0.2, 0) is 11.3 Å². The molecule has 21 heavy (non-hydrogen) atoms. The van der Waals surface area contributed by atoms with Crippen LogP contribution in [0.1, 0.15) is 12.7 Å². The molecule has 0 aromatic carbocycles. The van der Waals surface area contributed by atoms with Crippen molar-refractivity contribution in [1.82, 2.24) is 15.1 Å². The van der Waals surface area contributed by atoms with Gasteiger partial charge >= 0.3 is 0 Å². The lowest BCUT2D eigenvalue weighted by atomic mass is 10.2. The molecule has 1 atom stereocenters. The van der Waals surface area contributed by atoms with Crippen LogP contribution in [0.15, 0.2) is 22.8 Å². The van der Waals surface area contributed by atoms with E-state index in [1.807, 2.05) is 19.1 Å². The summed E-state index contributed by atoms with van der Waals surface area (Å²) in [6, 6.07) is 3.51. The molecular weight excluding hydrogens is 288 g/mol. The normalized spacial score (nSPS) is 18.3. The smallest absolute Gasteiger partial charge is 0.237 e. The number of thiocarbonyl (C=S) groups is 1. The highest BCUT2D eigenvalue weighted by Gasteiger charge is 2.25. The average molecular weight is 310 g/mol. The van der Waals surface area contributed by atoms with Crippen molar-refractivity contribution in [2.24, 2.45) is 5.73 Å². The molecule has 2 rings (SSSR count). The predicted molar refractivity (Wildman–Crippen MR) is 84.8 cm³/mol. The molecule has 0 saturated carbocycles. The molecule has 3 N–H and O–H groups in total. The molecule has 1 aromatic rings. The molecule has 0 spiro atoms. The summed E-state index contributed by atoms with van der Waals surface area (Å²) in [5.74, 6) is 0.783. The molecule has 1 amide bonds. The first-order valence-corrected chi connectivity index (χ1v) is 7.52. The van der Waals surface area contributed by atoms with Gasteiger partial charge in [-0.1, -0.05) is 12.2 Å². The monoisotopic (exact) mass is 310 g/mol. The molecule has 1 aliphatic heterocycles. The first kappa shape index (κ1) is 15.9. The summed E-state index contributed by atoms with van der Waals surface area (Å²) in [5.41, 5.74) is 5.56. The van der Waals surface area contributed by atoms with Crippen molar-refractivity contribution in [1.29, 1.82) is 0 Å². The SMILES string of the molecule is CC(C(=O)NCc1ccco1)N1CCN(CC(N)=S)CC1. The molecule has 0 bridgehead atoms. The minimum absolute atomic E-state index is 0.0224. The van der Waals surface area contributed by atoms with Gasteiger partial charge in [0.1, 0.15) is 5.76 Å². The van der Waals surface area contributed by atoms with Crippen molar-refractivity contribution in [2.75, 3.05) is 32.7 Å². The molecule has 6 nitrogen and oxygen atoms in total. The molecule has 0 aliphatic carbocycles. The van der Waals surface area contributed by atoms with Crippen molar-refractivity contribution in [3.63, 3.8) is 0 Å². The van der Waals surface area contributed by atoms with Gasteiger partial charge in [-0.05, 0) is 19.1 Å². The highest BCUT2D eigenvalue weighted by Crippen LogP contribution is 2.07. The number of nitrogens with two attached hydrogens (primary N) is 1. The second kappa shape index (κ2) is 7.53. The maximum Gasteiger partial charge on any atom is 0.237 e. The minimum Gasteiger partial charge on any atom is -0.467 e. The Morgan fingerprint density at radius 2 is 2.19 bits per heavy atom. The number of furan rings is 1. The van der Waals surface area contributed by atoms with Crippen LogP contribution in [-0.4, -0.2) is 59.5 Å². The number of hydrogen-bond acceptors (Lipinski definition) is 5. The third kappa shape index (κ3) is 4.80. The van der Waals surface area contributed by atoms with E-state index in [1.165, 1.54) is 0 Å². The Kier molecular flexibility index (Phi) is 5.72. The van der Waals surface area contributed by atoms with E-state index in [-0.39, 0.29) is 11.9 Å². The van der Waals surface area contributed by atoms with E-state index in [0.717, 1.165) is 31.9 Å². The van der Waals surface area contributed by atoms with E-state index in [9.17, 15) is 4.79 Å². The van der Waals surface area contributed by atoms with E-state index in [4.69, 9.17) is 22.4 Å². The lowest BCUT2D eigenvalue weighted by Crippen LogP contribution is -2.54. The molecular formula is C14H22N4O2S. The molecule has 116 valence electrons. The van der Waals surface area contributed by atoms with Crippen molar-refractivity contribution >= 4 is 23.1 Å². The summed E-state index contributed by atoms with van der Waals surface area (Å²) in [5, 5.41) is 2.90. The second-order valence-corrected chi connectivity index (χ2v) is 5.78. The number of carbonyl (C=O) groups is 1. The molecule has 1 fully saturated rings. The van der Waals surface area contributed by atoms with Crippen LogP contribution >= 0.6 is 12.2 Å². The van der Waals surface area contributed by atoms with Gasteiger partial charge in [0.25, 0.3) is 0 Å². The zero-order valence-electron chi connectivity index (χ0n) is 12.2. The zero-order valence-corrected chi connectivity index (χ0v) is 13.1. The van der Waals surface area contributed by atoms with E-state index in [1.54, 1.807) is 6.26 Å². The van der Waals surface area contributed by atoms with Gasteiger partial charge in [0.15, 0.2) is 0 Å². The summed E-state index contributed by atoms with van der Waals surface area (Å²) < 4.78 is 5.20. The van der Waals surface area contributed by atoms with Crippen LogP contribution in [0.25, 0.3) is 0 Å². The van der Waals surface area contributed by atoms with Crippen molar-refractivity contribution in [3.8, 4) is 0 Å². The Balaban J connectivity index is 1.74. The van der Waals surface area contributed by atoms with Gasteiger partial charge in [-0.15, -0.1) is 0 Å². The van der Waals surface area contributed by atoms with Gasteiger partial charge in [-0.3, -0.25) is 14.6 Å². The number of nitrogens with zero attached hydrogens (tertiary/aromatic N) is 2. The van der Waals surface area contributed by atoms with Crippen molar-refractivity contribution < 1.29 is 9.21 Å². The van der Waals surface area contributed by atoms with E-state index >= 15 is 0 Å². The third-order valence-corrected chi connectivity index (χ3v) is 3.86. The minimum atomic E-state index is -0.146. The largest absolute Gasteiger partial charge is 0.467 e. The quantitative estimate of drug-likeness (QED) is 0.731. The average Bonchev–Trinajstić information content (AvgIpc) is 2.97. The Hall–Kier alpha value is -1.44. The molecule has 1 aromatic heterocycles. The molecule has 1 aliphatic rings. The fourth-order valence-electron chi connectivity index (χ4n) is 2.43. The van der Waals surface area contributed by atoms with Gasteiger partial charge in [-0.25, -0.2) is 0 Å². The van der Waals surface area contributed by atoms with E-state index in [0.29, 0.717) is 18.1 Å². The van der Waals surface area contributed by atoms with Gasteiger partial charge in [0.2, 0.25) is 5.91 Å². The van der Waals surface area contributed by atoms with Crippen LogP contribution in [0, 0.1) is 0 Å². The summed E-state index contributed by atoms with van der Waals surface area (Å²) in [4.78, 5) is 17.1. The lowest BCUT2D eigenvalue weighted by molar-refractivity contribution is -0.126. The first-order valence-electron chi connectivity index (χ1n) is 7.11. The Morgan fingerprint density at radius 3 is 2.76 bits per heavy atom. The summed E-state index contributed by atoms with van der Waals surface area (Å²) in [6.07, 6.45) is 1.60. The third-order valence-electron chi connectivity index (χ3n) is 3.73. The standard InChI is InChI=1S/C14H22N4O2S/c1-11(14(19)16-9-12-3-2-8-20-12)18-6-4-17(5-7-18)10-13(15)21/h2-3,8,11H,4-7,9-10H2,1H3,(H2,15,21)(H,16,19). The van der Waals surface area contributed by atoms with Gasteiger partial charge in [0.05, 0.1) is 23.8 Å². The topological polar surface area (TPSA) is 74.7 Å². The fourth-order valence-corrected chi connectivity index (χ4v) is 2.61. The highest BCUT2D eigenvalue weighted by molar-refractivity contribution is 7.80. The first-order chi connectivity index (χ1) is 10.1. The summed E-state index contributed by atoms with van der Waals surface area (Å²) in [7, 11) is 0. The molecule has 2 heterocycles. The maximum absolute atomic E-state index is 12.1. The van der Waals surface area contributed by atoms with Crippen molar-refractivity contribution in [2.45, 2.75) is 19.5 Å². The number of hydrogen-bond donors (Lipinski definition) is 2. The van der Waals surface area contributed by atoms with Crippen LogP contribution in [0.3, 0.4) is 0 Å². The summed E-state index contributed by atoms with van der Waals surface area (Å²) >= 11 is 4.92.